The van der Waals surface area contributed by atoms with Crippen LogP contribution in [0.15, 0.2) is 24.1 Å². The first-order chi connectivity index (χ1) is 5.72. The molecule has 0 aliphatic rings. The highest BCUT2D eigenvalue weighted by Crippen LogP contribution is 2.16. The minimum absolute atomic E-state index is 1.15. The van der Waals surface area contributed by atoms with Crippen LogP contribution in [0, 0.1) is 0 Å². The number of hydrogen-bond acceptors (Lipinski definition) is 1. The molecule has 0 aliphatic heterocycles. The average Bonchev–Trinajstić information content (AvgIpc) is 2.57. The Morgan fingerprint density at radius 3 is 2.17 bits per heavy atom. The van der Waals surface area contributed by atoms with Crippen LogP contribution in [0.4, 0.5) is 0 Å². The zero-order valence-electron chi connectivity index (χ0n) is 8.26. The van der Waals surface area contributed by atoms with Gasteiger partial charge in [0.15, 0.2) is 0 Å². The number of rotatable bonds is 2. The number of allylic oxidation sites excluding steroid dienone is 1. The molecular formula is C11H18S. The van der Waals surface area contributed by atoms with Crippen LogP contribution in [-0.4, -0.2) is 0 Å². The molecule has 12 heavy (non-hydrogen) atoms. The first-order valence-corrected chi connectivity index (χ1v) is 5.29. The minimum atomic E-state index is 1.15. The maximum Gasteiger partial charge on any atom is 0.0293 e. The lowest BCUT2D eigenvalue weighted by Crippen LogP contribution is -1.61. The fraction of sp³-hybridized carbons (Fsp3) is 0.455. The van der Waals surface area contributed by atoms with E-state index in [0.29, 0.717) is 0 Å². The highest BCUT2D eigenvalue weighted by atomic mass is 32.1. The van der Waals surface area contributed by atoms with Crippen molar-refractivity contribution in [1.29, 1.82) is 0 Å². The van der Waals surface area contributed by atoms with Gasteiger partial charge in [-0.1, -0.05) is 39.3 Å². The van der Waals surface area contributed by atoms with Crippen molar-refractivity contribution in [2.45, 2.75) is 33.6 Å². The molecule has 0 aromatic carbocycles. The van der Waals surface area contributed by atoms with Crippen LogP contribution in [0.5, 0.6) is 0 Å². The molecular weight excluding hydrogens is 164 g/mol. The molecule has 1 heteroatoms. The fourth-order valence-corrected chi connectivity index (χ4v) is 1.18. The Labute approximate surface area is 79.9 Å². The number of thiophene rings is 1. The van der Waals surface area contributed by atoms with E-state index in [1.807, 2.05) is 13.0 Å². The molecule has 0 N–H and O–H groups in total. The first-order valence-electron chi connectivity index (χ1n) is 4.41. The Balaban J connectivity index is 0.000000261. The predicted octanol–water partition coefficient (Wildman–Crippen LogP) is 4.59. The summed E-state index contributed by atoms with van der Waals surface area (Å²) in [5.74, 6) is 0. The largest absolute Gasteiger partial charge is 0.144 e. The van der Waals surface area contributed by atoms with Crippen LogP contribution < -0.4 is 0 Å². The zero-order chi connectivity index (χ0) is 9.40. The molecule has 0 atom stereocenters. The van der Waals surface area contributed by atoms with Crippen molar-refractivity contribution in [2.75, 3.05) is 0 Å². The summed E-state index contributed by atoms with van der Waals surface area (Å²) >= 11 is 1.73. The third kappa shape index (κ3) is 5.14. The highest BCUT2D eigenvalue weighted by Gasteiger charge is 1.88. The average molecular weight is 182 g/mol. The molecule has 1 heterocycles. The van der Waals surface area contributed by atoms with Crippen molar-refractivity contribution in [3.8, 4) is 0 Å². The standard InChI is InChI=1S/C7H8S.C4H10/c1-6(2)7-4-3-5-8-7;1-3-4-2/h3-5H,1H2,2H3;3-4H2,1-2H3. The SMILES string of the molecule is C=C(C)c1cccs1.CCCC. The fourth-order valence-electron chi connectivity index (χ4n) is 0.521. The van der Waals surface area contributed by atoms with Crippen molar-refractivity contribution in [2.24, 2.45) is 0 Å². The van der Waals surface area contributed by atoms with Gasteiger partial charge in [-0.3, -0.25) is 0 Å². The van der Waals surface area contributed by atoms with E-state index in [1.54, 1.807) is 11.3 Å². The number of unbranched alkanes of at least 4 members (excludes halogenated alkanes) is 1. The molecule has 68 valence electrons. The molecule has 1 aromatic rings. The van der Waals surface area contributed by atoms with Crippen molar-refractivity contribution in [1.82, 2.24) is 0 Å². The monoisotopic (exact) mass is 182 g/mol. The van der Waals surface area contributed by atoms with E-state index in [1.165, 1.54) is 17.7 Å². The zero-order valence-corrected chi connectivity index (χ0v) is 9.08. The van der Waals surface area contributed by atoms with Crippen LogP contribution in [0.3, 0.4) is 0 Å². The Bertz CT molecular complexity index is 195. The second-order valence-electron chi connectivity index (χ2n) is 2.76. The van der Waals surface area contributed by atoms with E-state index in [2.05, 4.69) is 31.9 Å². The first kappa shape index (κ1) is 11.4. The van der Waals surface area contributed by atoms with Crippen molar-refractivity contribution < 1.29 is 0 Å². The Kier molecular flexibility index (Phi) is 6.78. The van der Waals surface area contributed by atoms with Gasteiger partial charge < -0.3 is 0 Å². The minimum Gasteiger partial charge on any atom is -0.144 e. The summed E-state index contributed by atoms with van der Waals surface area (Å²) in [6.45, 7) is 10.2. The van der Waals surface area contributed by atoms with Gasteiger partial charge in [0.1, 0.15) is 0 Å². The molecule has 1 aromatic heterocycles. The molecule has 0 unspecified atom stereocenters. The van der Waals surface area contributed by atoms with Crippen LogP contribution in [0.2, 0.25) is 0 Å². The second-order valence-corrected chi connectivity index (χ2v) is 3.71. The molecule has 0 spiro atoms. The summed E-state index contributed by atoms with van der Waals surface area (Å²) in [4.78, 5) is 1.28. The molecule has 0 amide bonds. The van der Waals surface area contributed by atoms with Crippen molar-refractivity contribution >= 4 is 16.9 Å². The second kappa shape index (κ2) is 7.11. The van der Waals surface area contributed by atoms with Gasteiger partial charge in [0.25, 0.3) is 0 Å². The lowest BCUT2D eigenvalue weighted by molar-refractivity contribution is 0.886. The molecule has 0 radical (unpaired) electrons. The van der Waals surface area contributed by atoms with Crippen LogP contribution in [0.25, 0.3) is 5.57 Å². The maximum atomic E-state index is 3.81. The lowest BCUT2D eigenvalue weighted by Gasteiger charge is -1.86. The summed E-state index contributed by atoms with van der Waals surface area (Å²) in [5, 5.41) is 2.06. The van der Waals surface area contributed by atoms with Gasteiger partial charge in [0, 0.05) is 4.88 Å². The van der Waals surface area contributed by atoms with Gasteiger partial charge in [0.05, 0.1) is 0 Å². The molecule has 0 fully saturated rings. The summed E-state index contributed by atoms with van der Waals surface area (Å²) in [5.41, 5.74) is 1.15. The molecule has 0 bridgehead atoms. The molecule has 0 aliphatic carbocycles. The van der Waals surface area contributed by atoms with E-state index < -0.39 is 0 Å². The van der Waals surface area contributed by atoms with E-state index in [9.17, 15) is 0 Å². The normalized spacial score (nSPS) is 8.58. The highest BCUT2D eigenvalue weighted by molar-refractivity contribution is 7.11. The van der Waals surface area contributed by atoms with Gasteiger partial charge in [-0.05, 0) is 23.9 Å². The van der Waals surface area contributed by atoms with Gasteiger partial charge in [0.2, 0.25) is 0 Å². The van der Waals surface area contributed by atoms with E-state index in [4.69, 9.17) is 0 Å². The van der Waals surface area contributed by atoms with Crippen LogP contribution in [0.1, 0.15) is 38.5 Å². The molecule has 0 saturated heterocycles. The van der Waals surface area contributed by atoms with E-state index >= 15 is 0 Å². The lowest BCUT2D eigenvalue weighted by atomic mass is 10.3. The Morgan fingerprint density at radius 1 is 1.42 bits per heavy atom. The third-order valence-electron chi connectivity index (χ3n) is 1.44. The predicted molar refractivity (Wildman–Crippen MR) is 59.6 cm³/mol. The van der Waals surface area contributed by atoms with Gasteiger partial charge >= 0.3 is 0 Å². The maximum absolute atomic E-state index is 3.81. The quantitative estimate of drug-likeness (QED) is 0.627. The Hall–Kier alpha value is -0.560. The summed E-state index contributed by atoms with van der Waals surface area (Å²) < 4.78 is 0. The summed E-state index contributed by atoms with van der Waals surface area (Å²) in [6, 6.07) is 4.11. The van der Waals surface area contributed by atoms with Crippen LogP contribution >= 0.6 is 11.3 Å². The van der Waals surface area contributed by atoms with Crippen molar-refractivity contribution in [3.05, 3.63) is 29.0 Å². The smallest absolute Gasteiger partial charge is 0.0293 e. The third-order valence-corrected chi connectivity index (χ3v) is 2.47. The molecule has 1 rings (SSSR count). The summed E-state index contributed by atoms with van der Waals surface area (Å²) in [6.07, 6.45) is 2.64. The Morgan fingerprint density at radius 2 is 2.00 bits per heavy atom. The molecule has 0 nitrogen and oxygen atoms in total. The summed E-state index contributed by atoms with van der Waals surface area (Å²) in [7, 11) is 0. The van der Waals surface area contributed by atoms with Crippen LogP contribution in [-0.2, 0) is 0 Å². The van der Waals surface area contributed by atoms with Gasteiger partial charge in [-0.25, -0.2) is 0 Å². The van der Waals surface area contributed by atoms with Gasteiger partial charge in [-0.15, -0.1) is 11.3 Å². The topological polar surface area (TPSA) is 0 Å². The van der Waals surface area contributed by atoms with Gasteiger partial charge in [-0.2, -0.15) is 0 Å². The van der Waals surface area contributed by atoms with E-state index in [0.717, 1.165) is 5.57 Å². The van der Waals surface area contributed by atoms with Crippen molar-refractivity contribution in [3.63, 3.8) is 0 Å². The van der Waals surface area contributed by atoms with E-state index in [-0.39, 0.29) is 0 Å². The number of hydrogen-bond donors (Lipinski definition) is 0. The molecule has 0 saturated carbocycles.